The van der Waals surface area contributed by atoms with E-state index >= 15 is 0 Å². The highest BCUT2D eigenvalue weighted by atomic mass is 35.5. The molecule has 1 unspecified atom stereocenters. The Balaban J connectivity index is 1.98. The molecule has 0 aliphatic heterocycles. The molecule has 2 fully saturated rings. The predicted molar refractivity (Wildman–Crippen MR) is 80.0 cm³/mol. The fourth-order valence-electron chi connectivity index (χ4n) is 2.98. The van der Waals surface area contributed by atoms with E-state index in [1.165, 1.54) is 32.1 Å². The number of hydrogen-bond acceptors (Lipinski definition) is 2. The van der Waals surface area contributed by atoms with Crippen LogP contribution in [0.4, 0.5) is 0 Å². The number of nitrogens with zero attached hydrogens (tertiary/aromatic N) is 1. The maximum atomic E-state index is 12.5. The van der Waals surface area contributed by atoms with E-state index in [0.717, 1.165) is 19.4 Å². The van der Waals surface area contributed by atoms with E-state index in [1.807, 2.05) is 11.2 Å². The Morgan fingerprint density at radius 2 is 1.79 bits per heavy atom. The van der Waals surface area contributed by atoms with E-state index in [2.05, 4.69) is 0 Å². The van der Waals surface area contributed by atoms with Gasteiger partial charge < -0.3 is 0 Å². The summed E-state index contributed by atoms with van der Waals surface area (Å²) >= 11 is 5.77. The molecule has 2 aliphatic carbocycles. The summed E-state index contributed by atoms with van der Waals surface area (Å²) in [6, 6.07) is 0.287. The monoisotopic (exact) mass is 307 g/mol. The minimum absolute atomic E-state index is 0.0410. The highest BCUT2D eigenvalue weighted by Gasteiger charge is 2.38. The van der Waals surface area contributed by atoms with Gasteiger partial charge in [-0.05, 0) is 37.5 Å². The first kappa shape index (κ1) is 15.6. The summed E-state index contributed by atoms with van der Waals surface area (Å²) in [6.45, 7) is 2.66. The second-order valence-electron chi connectivity index (χ2n) is 6.34. The van der Waals surface area contributed by atoms with Crippen LogP contribution < -0.4 is 0 Å². The molecule has 0 radical (unpaired) electrons. The molecule has 5 heteroatoms. The third-order valence-corrected chi connectivity index (χ3v) is 6.91. The first-order valence-electron chi connectivity index (χ1n) is 7.58. The molecule has 112 valence electrons. The zero-order valence-corrected chi connectivity index (χ0v) is 13.4. The van der Waals surface area contributed by atoms with Crippen molar-refractivity contribution < 1.29 is 8.42 Å². The normalized spacial score (nSPS) is 23.7. The van der Waals surface area contributed by atoms with Crippen LogP contribution >= 0.6 is 11.6 Å². The molecule has 0 bridgehead atoms. The summed E-state index contributed by atoms with van der Waals surface area (Å²) in [5.74, 6) is 1.25. The van der Waals surface area contributed by atoms with Crippen LogP contribution in [0.5, 0.6) is 0 Å². The van der Waals surface area contributed by atoms with Crippen LogP contribution in [-0.2, 0) is 10.0 Å². The van der Waals surface area contributed by atoms with Crippen LogP contribution in [0, 0.1) is 11.8 Å². The lowest BCUT2D eigenvalue weighted by Crippen LogP contribution is -2.40. The lowest BCUT2D eigenvalue weighted by molar-refractivity contribution is 0.274. The largest absolute Gasteiger partial charge is 0.214 e. The molecule has 0 aromatic rings. The van der Waals surface area contributed by atoms with Crippen LogP contribution in [0.2, 0.25) is 0 Å². The summed E-state index contributed by atoms with van der Waals surface area (Å²) in [5.41, 5.74) is 0. The second kappa shape index (κ2) is 6.77. The van der Waals surface area contributed by atoms with Gasteiger partial charge in [-0.1, -0.05) is 26.2 Å². The molecule has 0 amide bonds. The quantitative estimate of drug-likeness (QED) is 0.677. The molecule has 2 saturated carbocycles. The molecule has 2 aliphatic rings. The van der Waals surface area contributed by atoms with Crippen molar-refractivity contribution in [2.24, 2.45) is 11.8 Å². The van der Waals surface area contributed by atoms with Crippen molar-refractivity contribution in [2.45, 2.75) is 57.9 Å². The van der Waals surface area contributed by atoms with Gasteiger partial charge in [0.2, 0.25) is 10.0 Å². The maximum absolute atomic E-state index is 12.5. The van der Waals surface area contributed by atoms with Crippen molar-refractivity contribution in [1.82, 2.24) is 4.31 Å². The van der Waals surface area contributed by atoms with Crippen molar-refractivity contribution in [3.8, 4) is 0 Å². The van der Waals surface area contributed by atoms with E-state index in [9.17, 15) is 8.42 Å². The first-order chi connectivity index (χ1) is 9.03. The maximum Gasteiger partial charge on any atom is 0.214 e. The molecule has 0 aromatic heterocycles. The highest BCUT2D eigenvalue weighted by molar-refractivity contribution is 7.89. The summed E-state index contributed by atoms with van der Waals surface area (Å²) < 4.78 is 26.9. The van der Waals surface area contributed by atoms with Gasteiger partial charge in [-0.3, -0.25) is 0 Å². The highest BCUT2D eigenvalue weighted by Crippen LogP contribution is 2.33. The van der Waals surface area contributed by atoms with Crippen LogP contribution in [-0.4, -0.2) is 36.9 Å². The molecular formula is C14H26ClNO2S. The van der Waals surface area contributed by atoms with Gasteiger partial charge in [0, 0.05) is 18.5 Å². The van der Waals surface area contributed by atoms with Crippen molar-refractivity contribution in [3.05, 3.63) is 0 Å². The molecular weight excluding hydrogens is 282 g/mol. The average Bonchev–Trinajstić information content (AvgIpc) is 3.20. The van der Waals surface area contributed by atoms with Gasteiger partial charge in [0.15, 0.2) is 0 Å². The van der Waals surface area contributed by atoms with Crippen molar-refractivity contribution in [1.29, 1.82) is 0 Å². The zero-order chi connectivity index (χ0) is 13.9. The SMILES string of the molecule is CC(CCl)CS(=O)(=O)N(CC1CCCCC1)C1CC1. The van der Waals surface area contributed by atoms with E-state index in [1.54, 1.807) is 0 Å². The number of alkyl halides is 1. The summed E-state index contributed by atoms with van der Waals surface area (Å²) in [5, 5.41) is 0. The van der Waals surface area contributed by atoms with Crippen molar-refractivity contribution in [2.75, 3.05) is 18.2 Å². The summed E-state index contributed by atoms with van der Waals surface area (Å²) in [4.78, 5) is 0. The van der Waals surface area contributed by atoms with Crippen LogP contribution in [0.1, 0.15) is 51.9 Å². The molecule has 3 nitrogen and oxygen atoms in total. The Morgan fingerprint density at radius 3 is 2.32 bits per heavy atom. The molecule has 0 heterocycles. The van der Waals surface area contributed by atoms with Gasteiger partial charge in [0.25, 0.3) is 0 Å². The fraction of sp³-hybridized carbons (Fsp3) is 1.00. The third kappa shape index (κ3) is 4.61. The van der Waals surface area contributed by atoms with Crippen molar-refractivity contribution in [3.63, 3.8) is 0 Å². The summed E-state index contributed by atoms with van der Waals surface area (Å²) in [7, 11) is -3.12. The first-order valence-corrected chi connectivity index (χ1v) is 9.73. The average molecular weight is 308 g/mol. The number of halogens is 1. The standard InChI is InChI=1S/C14H26ClNO2S/c1-12(9-15)11-19(17,18)16(14-7-8-14)10-13-5-3-2-4-6-13/h12-14H,2-11H2,1H3. The Labute approximate surface area is 122 Å². The Hall–Kier alpha value is 0.200. The topological polar surface area (TPSA) is 37.4 Å². The number of hydrogen-bond donors (Lipinski definition) is 0. The minimum atomic E-state index is -3.12. The van der Waals surface area contributed by atoms with Crippen molar-refractivity contribution >= 4 is 21.6 Å². The second-order valence-corrected chi connectivity index (χ2v) is 8.62. The van der Waals surface area contributed by atoms with Crippen LogP contribution in [0.25, 0.3) is 0 Å². The van der Waals surface area contributed by atoms with Crippen LogP contribution in [0.3, 0.4) is 0 Å². The van der Waals surface area contributed by atoms with E-state index in [-0.39, 0.29) is 17.7 Å². The van der Waals surface area contributed by atoms with Gasteiger partial charge in [0.1, 0.15) is 0 Å². The summed E-state index contributed by atoms with van der Waals surface area (Å²) in [6.07, 6.45) is 8.33. The minimum Gasteiger partial charge on any atom is -0.212 e. The smallest absolute Gasteiger partial charge is 0.212 e. The van der Waals surface area contributed by atoms with Gasteiger partial charge >= 0.3 is 0 Å². The molecule has 0 aromatic carbocycles. The molecule has 2 rings (SSSR count). The van der Waals surface area contributed by atoms with E-state index < -0.39 is 10.0 Å². The zero-order valence-electron chi connectivity index (χ0n) is 11.9. The number of sulfonamides is 1. The molecule has 0 spiro atoms. The van der Waals surface area contributed by atoms with E-state index in [4.69, 9.17) is 11.6 Å². The molecule has 0 N–H and O–H groups in total. The predicted octanol–water partition coefficient (Wildman–Crippen LogP) is 3.24. The third-order valence-electron chi connectivity index (χ3n) is 4.23. The number of rotatable bonds is 7. The molecule has 19 heavy (non-hydrogen) atoms. The lowest BCUT2D eigenvalue weighted by Gasteiger charge is -2.29. The molecule has 0 saturated heterocycles. The Morgan fingerprint density at radius 1 is 1.16 bits per heavy atom. The van der Waals surface area contributed by atoms with E-state index in [0.29, 0.717) is 11.8 Å². The fourth-order valence-corrected chi connectivity index (χ4v) is 5.35. The van der Waals surface area contributed by atoms with Crippen LogP contribution in [0.15, 0.2) is 0 Å². The Kier molecular flexibility index (Phi) is 5.55. The van der Waals surface area contributed by atoms with Gasteiger partial charge in [-0.25, -0.2) is 8.42 Å². The lowest BCUT2D eigenvalue weighted by atomic mass is 9.89. The molecule has 1 atom stereocenters. The van der Waals surface area contributed by atoms with Gasteiger partial charge in [-0.15, -0.1) is 11.6 Å². The van der Waals surface area contributed by atoms with Gasteiger partial charge in [0.05, 0.1) is 5.75 Å². The Bertz CT molecular complexity index is 375. The van der Waals surface area contributed by atoms with Gasteiger partial charge in [-0.2, -0.15) is 4.31 Å².